The van der Waals surface area contributed by atoms with Gasteiger partial charge in [0.25, 0.3) is 0 Å². The molecular formula is C15H15N3OS. The van der Waals surface area contributed by atoms with Crippen LogP contribution in [-0.2, 0) is 0 Å². The summed E-state index contributed by atoms with van der Waals surface area (Å²) in [4.78, 5) is 13.3. The monoisotopic (exact) mass is 285 g/mol. The summed E-state index contributed by atoms with van der Waals surface area (Å²) >= 11 is 1.63. The molecule has 2 aromatic heterocycles. The van der Waals surface area contributed by atoms with Crippen molar-refractivity contribution in [1.29, 1.82) is 0 Å². The lowest BCUT2D eigenvalue weighted by Gasteiger charge is -2.05. The molecule has 0 bridgehead atoms. The number of benzene rings is 1. The van der Waals surface area contributed by atoms with Gasteiger partial charge in [-0.2, -0.15) is 0 Å². The van der Waals surface area contributed by atoms with E-state index in [2.05, 4.69) is 28.8 Å². The van der Waals surface area contributed by atoms with Gasteiger partial charge in [0.1, 0.15) is 5.75 Å². The molecule has 3 rings (SSSR count). The van der Waals surface area contributed by atoms with Crippen LogP contribution in [0.2, 0.25) is 0 Å². The zero-order valence-electron chi connectivity index (χ0n) is 11.6. The van der Waals surface area contributed by atoms with E-state index in [1.165, 1.54) is 4.90 Å². The molecule has 5 heteroatoms. The van der Waals surface area contributed by atoms with Gasteiger partial charge in [-0.05, 0) is 37.1 Å². The maximum atomic E-state index is 5.23. The molecule has 1 N–H and O–H groups in total. The first-order valence-corrected chi connectivity index (χ1v) is 7.12. The summed E-state index contributed by atoms with van der Waals surface area (Å²) in [6.45, 7) is 4.13. The zero-order chi connectivity index (χ0) is 14.1. The van der Waals surface area contributed by atoms with Gasteiger partial charge < -0.3 is 9.72 Å². The average Bonchev–Trinajstić information content (AvgIpc) is 2.84. The molecule has 0 aliphatic carbocycles. The number of methoxy groups -OCH3 is 1. The van der Waals surface area contributed by atoms with Crippen LogP contribution in [0.3, 0.4) is 0 Å². The topological polar surface area (TPSA) is 50.8 Å². The van der Waals surface area contributed by atoms with Crippen molar-refractivity contribution in [1.82, 2.24) is 15.0 Å². The van der Waals surface area contributed by atoms with Crippen molar-refractivity contribution >= 4 is 22.8 Å². The lowest BCUT2D eigenvalue weighted by Crippen LogP contribution is -1.88. The van der Waals surface area contributed by atoms with Crippen LogP contribution in [0.1, 0.15) is 11.1 Å². The number of aryl methyl sites for hydroxylation is 2. The van der Waals surface area contributed by atoms with Crippen molar-refractivity contribution in [3.63, 3.8) is 0 Å². The maximum absolute atomic E-state index is 5.23. The molecule has 0 fully saturated rings. The van der Waals surface area contributed by atoms with E-state index in [1.807, 2.05) is 30.6 Å². The van der Waals surface area contributed by atoms with Gasteiger partial charge in [-0.15, -0.1) is 0 Å². The van der Waals surface area contributed by atoms with Crippen LogP contribution in [0.25, 0.3) is 11.0 Å². The van der Waals surface area contributed by atoms with Crippen LogP contribution >= 0.6 is 11.8 Å². The van der Waals surface area contributed by atoms with Crippen LogP contribution in [-0.4, -0.2) is 22.1 Å². The minimum Gasteiger partial charge on any atom is -0.497 e. The molecule has 0 atom stereocenters. The lowest BCUT2D eigenvalue weighted by molar-refractivity contribution is 0.415. The standard InChI is InChI=1S/C15H15N3OS/c1-9-7-16-8-10(2)14(9)20-15-17-12-5-4-11(19-3)6-13(12)18-15/h4-8H,1-3H3,(H,17,18). The van der Waals surface area contributed by atoms with E-state index in [1.54, 1.807) is 18.9 Å². The summed E-state index contributed by atoms with van der Waals surface area (Å²) in [6.07, 6.45) is 3.75. The van der Waals surface area contributed by atoms with Crippen LogP contribution in [0.5, 0.6) is 5.75 Å². The molecule has 3 aromatic rings. The number of fused-ring (bicyclic) bond motifs is 1. The number of hydrogen-bond acceptors (Lipinski definition) is 4. The maximum Gasteiger partial charge on any atom is 0.171 e. The SMILES string of the molecule is COc1ccc2nc(Sc3c(C)cncc3C)[nH]c2c1. The van der Waals surface area contributed by atoms with Gasteiger partial charge >= 0.3 is 0 Å². The molecule has 0 aliphatic rings. The zero-order valence-corrected chi connectivity index (χ0v) is 12.4. The summed E-state index contributed by atoms with van der Waals surface area (Å²) in [6, 6.07) is 5.83. The number of imidazole rings is 1. The molecule has 0 aliphatic heterocycles. The summed E-state index contributed by atoms with van der Waals surface area (Å²) in [5.41, 5.74) is 4.25. The van der Waals surface area contributed by atoms with E-state index in [0.29, 0.717) is 0 Å². The Morgan fingerprint density at radius 2 is 1.90 bits per heavy atom. The number of nitrogens with one attached hydrogen (secondary N) is 1. The minimum atomic E-state index is 0.828. The second-order valence-corrected chi connectivity index (χ2v) is 5.63. The van der Waals surface area contributed by atoms with Crippen molar-refractivity contribution in [2.24, 2.45) is 0 Å². The lowest BCUT2D eigenvalue weighted by atomic mass is 10.2. The molecule has 0 saturated carbocycles. The molecule has 1 aromatic carbocycles. The third kappa shape index (κ3) is 2.36. The van der Waals surface area contributed by atoms with Crippen molar-refractivity contribution in [3.8, 4) is 5.75 Å². The number of nitrogens with zero attached hydrogens (tertiary/aromatic N) is 2. The number of aromatic nitrogens is 3. The Bertz CT molecular complexity index is 747. The molecule has 0 radical (unpaired) electrons. The Hall–Kier alpha value is -2.01. The molecule has 102 valence electrons. The van der Waals surface area contributed by atoms with Crippen molar-refractivity contribution in [2.45, 2.75) is 23.9 Å². The average molecular weight is 285 g/mol. The van der Waals surface area contributed by atoms with Crippen LogP contribution in [0.15, 0.2) is 40.6 Å². The fourth-order valence-electron chi connectivity index (χ4n) is 2.09. The van der Waals surface area contributed by atoms with Crippen LogP contribution in [0, 0.1) is 13.8 Å². The van der Waals surface area contributed by atoms with E-state index >= 15 is 0 Å². The number of aromatic amines is 1. The predicted molar refractivity (Wildman–Crippen MR) is 80.5 cm³/mol. The van der Waals surface area contributed by atoms with Crippen molar-refractivity contribution in [2.75, 3.05) is 7.11 Å². The normalized spacial score (nSPS) is 10.9. The number of hydrogen-bond donors (Lipinski definition) is 1. The van der Waals surface area contributed by atoms with Crippen LogP contribution < -0.4 is 4.74 Å². The second-order valence-electron chi connectivity index (χ2n) is 4.63. The molecular weight excluding hydrogens is 270 g/mol. The van der Waals surface area contributed by atoms with Gasteiger partial charge in [-0.1, -0.05) is 11.8 Å². The fourth-order valence-corrected chi connectivity index (χ4v) is 3.01. The van der Waals surface area contributed by atoms with E-state index in [9.17, 15) is 0 Å². The number of rotatable bonds is 3. The van der Waals surface area contributed by atoms with E-state index < -0.39 is 0 Å². The highest BCUT2D eigenvalue weighted by Gasteiger charge is 2.09. The summed E-state index contributed by atoms with van der Waals surface area (Å²) in [7, 11) is 1.66. The van der Waals surface area contributed by atoms with Crippen LogP contribution in [0.4, 0.5) is 0 Å². The second kappa shape index (κ2) is 5.17. The summed E-state index contributed by atoms with van der Waals surface area (Å²) in [5, 5.41) is 0.880. The molecule has 20 heavy (non-hydrogen) atoms. The van der Waals surface area contributed by atoms with Crippen molar-refractivity contribution in [3.05, 3.63) is 41.7 Å². The first kappa shape index (κ1) is 13.0. The molecule has 2 heterocycles. The van der Waals surface area contributed by atoms with Crippen molar-refractivity contribution < 1.29 is 4.74 Å². The highest BCUT2D eigenvalue weighted by molar-refractivity contribution is 7.99. The molecule has 0 amide bonds. The summed E-state index contributed by atoms with van der Waals surface area (Å²) < 4.78 is 5.23. The quantitative estimate of drug-likeness (QED) is 0.796. The number of H-pyrrole nitrogens is 1. The molecule has 4 nitrogen and oxygen atoms in total. The largest absolute Gasteiger partial charge is 0.497 e. The molecule has 0 spiro atoms. The van der Waals surface area contributed by atoms with Gasteiger partial charge in [0.2, 0.25) is 0 Å². The van der Waals surface area contributed by atoms with E-state index in [-0.39, 0.29) is 0 Å². The van der Waals surface area contributed by atoms with Gasteiger partial charge in [0, 0.05) is 23.4 Å². The molecule has 0 unspecified atom stereocenters. The number of ether oxygens (including phenoxy) is 1. The van der Waals surface area contributed by atoms with Gasteiger partial charge in [-0.3, -0.25) is 4.98 Å². The highest BCUT2D eigenvalue weighted by Crippen LogP contribution is 2.32. The Labute approximate surface area is 121 Å². The minimum absolute atomic E-state index is 0.828. The third-order valence-corrected chi connectivity index (χ3v) is 4.35. The van der Waals surface area contributed by atoms with Gasteiger partial charge in [0.05, 0.1) is 18.1 Å². The Morgan fingerprint density at radius 1 is 1.15 bits per heavy atom. The first-order valence-electron chi connectivity index (χ1n) is 6.30. The predicted octanol–water partition coefficient (Wildman–Crippen LogP) is 3.73. The molecule has 0 saturated heterocycles. The Kier molecular flexibility index (Phi) is 3.36. The van der Waals surface area contributed by atoms with Gasteiger partial charge in [0.15, 0.2) is 5.16 Å². The Balaban J connectivity index is 1.99. The smallest absolute Gasteiger partial charge is 0.171 e. The highest BCUT2D eigenvalue weighted by atomic mass is 32.2. The first-order chi connectivity index (χ1) is 9.67. The van der Waals surface area contributed by atoms with E-state index in [0.717, 1.165) is 33.1 Å². The van der Waals surface area contributed by atoms with Gasteiger partial charge in [-0.25, -0.2) is 4.98 Å². The summed E-state index contributed by atoms with van der Waals surface area (Å²) in [5.74, 6) is 0.828. The number of pyridine rings is 1. The van der Waals surface area contributed by atoms with E-state index in [4.69, 9.17) is 4.74 Å². The fraction of sp³-hybridized carbons (Fsp3) is 0.200. The third-order valence-electron chi connectivity index (χ3n) is 3.12. The Morgan fingerprint density at radius 3 is 2.60 bits per heavy atom.